The normalized spacial score (nSPS) is 26.2. The second-order valence-electron chi connectivity index (χ2n) is 8.71. The minimum atomic E-state index is -3.86. The number of nitrogens with one attached hydrogen (secondary N) is 1. The highest BCUT2D eigenvalue weighted by molar-refractivity contribution is 7.89. The largest absolute Gasteiger partial charge is 0.389 e. The van der Waals surface area contributed by atoms with Gasteiger partial charge in [0.1, 0.15) is 6.33 Å². The van der Waals surface area contributed by atoms with Gasteiger partial charge in [-0.15, -0.1) is 0 Å². The summed E-state index contributed by atoms with van der Waals surface area (Å²) in [5.74, 6) is -0.173. The van der Waals surface area contributed by atoms with E-state index in [1.54, 1.807) is 30.5 Å². The van der Waals surface area contributed by atoms with Gasteiger partial charge in [-0.2, -0.15) is 4.31 Å². The number of nitrogens with zero attached hydrogens (tertiary/aromatic N) is 3. The van der Waals surface area contributed by atoms with Crippen LogP contribution < -0.4 is 5.32 Å². The maximum atomic E-state index is 13.5. The molecule has 0 aliphatic carbocycles. The molecule has 184 valence electrons. The molecule has 10 nitrogen and oxygen atoms in total. The first-order valence-electron chi connectivity index (χ1n) is 11.3. The van der Waals surface area contributed by atoms with Gasteiger partial charge < -0.3 is 19.9 Å². The lowest BCUT2D eigenvalue weighted by atomic mass is 9.96. The molecule has 2 N–H and O–H groups in total. The monoisotopic (exact) mass is 490 g/mol. The third kappa shape index (κ3) is 5.97. The number of benzene rings is 1. The summed E-state index contributed by atoms with van der Waals surface area (Å²) >= 11 is 0. The molecule has 2 aliphatic heterocycles. The summed E-state index contributed by atoms with van der Waals surface area (Å²) in [6.45, 7) is 2.20. The van der Waals surface area contributed by atoms with E-state index in [0.717, 1.165) is 5.56 Å². The Balaban J connectivity index is 1.44. The summed E-state index contributed by atoms with van der Waals surface area (Å²) in [6, 6.07) is 7.96. The quantitative estimate of drug-likeness (QED) is 0.608. The van der Waals surface area contributed by atoms with E-state index in [2.05, 4.69) is 15.3 Å². The van der Waals surface area contributed by atoms with Gasteiger partial charge in [0.05, 0.1) is 61.1 Å². The number of amides is 1. The van der Waals surface area contributed by atoms with Crippen molar-refractivity contribution in [3.63, 3.8) is 0 Å². The maximum Gasteiger partial charge on any atom is 0.243 e. The van der Waals surface area contributed by atoms with E-state index in [1.165, 1.54) is 10.6 Å². The highest BCUT2D eigenvalue weighted by Gasteiger charge is 2.43. The first-order valence-corrected chi connectivity index (χ1v) is 12.8. The number of aliphatic hydroxyl groups is 1. The maximum absolute atomic E-state index is 13.5. The van der Waals surface area contributed by atoms with Crippen molar-refractivity contribution in [1.82, 2.24) is 19.6 Å². The van der Waals surface area contributed by atoms with Gasteiger partial charge in [0.25, 0.3) is 0 Å². The van der Waals surface area contributed by atoms with Crippen LogP contribution in [0.15, 0.2) is 47.8 Å². The van der Waals surface area contributed by atoms with Crippen molar-refractivity contribution in [2.75, 3.05) is 19.8 Å². The van der Waals surface area contributed by atoms with Gasteiger partial charge in [0, 0.05) is 12.7 Å². The second-order valence-corrected chi connectivity index (χ2v) is 10.6. The van der Waals surface area contributed by atoms with Gasteiger partial charge in [-0.05, 0) is 43.5 Å². The third-order valence-electron chi connectivity index (χ3n) is 6.05. The van der Waals surface area contributed by atoms with E-state index < -0.39 is 28.3 Å². The standard InChI is InChI=1S/C23H30N4O6S/c1-16-3-2-4-20(9-16)34(30,31)27-12-18(28)13-32-14-22-21(27)6-5-19(33-22)10-23(29)25-11-17-7-8-24-15-26-17/h2-4,7-9,15,18-19,21-22,28H,5-6,10-14H2,1H3,(H,25,29)/t18-,19-,21+,22-/m1/s1. The lowest BCUT2D eigenvalue weighted by Gasteiger charge is -2.43. The van der Waals surface area contributed by atoms with Crippen molar-refractivity contribution >= 4 is 15.9 Å². The van der Waals surface area contributed by atoms with Gasteiger partial charge in [-0.3, -0.25) is 4.79 Å². The number of fused-ring (bicyclic) bond motifs is 1. The highest BCUT2D eigenvalue weighted by Crippen LogP contribution is 2.31. The number of rotatable bonds is 6. The first kappa shape index (κ1) is 24.7. The van der Waals surface area contributed by atoms with Gasteiger partial charge in [0.2, 0.25) is 15.9 Å². The number of carbonyl (C=O) groups is 1. The van der Waals surface area contributed by atoms with E-state index in [0.29, 0.717) is 25.1 Å². The third-order valence-corrected chi connectivity index (χ3v) is 7.94. The van der Waals surface area contributed by atoms with Crippen LogP contribution in [0.3, 0.4) is 0 Å². The molecule has 0 unspecified atom stereocenters. The average molecular weight is 491 g/mol. The fourth-order valence-electron chi connectivity index (χ4n) is 4.37. The molecule has 2 aromatic rings. The molecule has 0 radical (unpaired) electrons. The van der Waals surface area contributed by atoms with Crippen LogP contribution in [0.2, 0.25) is 0 Å². The molecule has 4 atom stereocenters. The molecular formula is C23H30N4O6S. The Morgan fingerprint density at radius 2 is 2.12 bits per heavy atom. The number of aromatic nitrogens is 2. The van der Waals surface area contributed by atoms with Crippen molar-refractivity contribution in [3.8, 4) is 0 Å². The second kappa shape index (κ2) is 10.9. The first-order chi connectivity index (χ1) is 16.3. The SMILES string of the molecule is Cc1cccc(S(=O)(=O)N2C[C@@H](O)COC[C@H]3O[C@@H](CC(=O)NCc4ccncn4)CC[C@@H]32)c1. The summed E-state index contributed by atoms with van der Waals surface area (Å²) in [7, 11) is -3.86. The smallest absolute Gasteiger partial charge is 0.243 e. The van der Waals surface area contributed by atoms with E-state index in [4.69, 9.17) is 9.47 Å². The minimum Gasteiger partial charge on any atom is -0.389 e. The molecule has 1 aromatic heterocycles. The fraction of sp³-hybridized carbons (Fsp3) is 0.522. The van der Waals surface area contributed by atoms with E-state index in [1.807, 2.05) is 13.0 Å². The molecule has 1 aromatic carbocycles. The van der Waals surface area contributed by atoms with Crippen LogP contribution in [-0.4, -0.2) is 77.8 Å². The Hall–Kier alpha value is -2.44. The molecule has 34 heavy (non-hydrogen) atoms. The minimum absolute atomic E-state index is 0.0104. The van der Waals surface area contributed by atoms with E-state index >= 15 is 0 Å². The van der Waals surface area contributed by atoms with Gasteiger partial charge >= 0.3 is 0 Å². The number of hydrogen-bond donors (Lipinski definition) is 2. The fourth-order valence-corrected chi connectivity index (χ4v) is 6.19. The Bertz CT molecular complexity index is 1080. The van der Waals surface area contributed by atoms with Crippen LogP contribution in [-0.2, 0) is 30.8 Å². The number of hydrogen-bond acceptors (Lipinski definition) is 8. The van der Waals surface area contributed by atoms with Crippen LogP contribution in [0.25, 0.3) is 0 Å². The summed E-state index contributed by atoms with van der Waals surface area (Å²) in [5, 5.41) is 13.2. The number of carbonyl (C=O) groups excluding carboxylic acids is 1. The lowest BCUT2D eigenvalue weighted by molar-refractivity contribution is -0.146. The van der Waals surface area contributed by atoms with Crippen LogP contribution >= 0.6 is 0 Å². The molecule has 0 bridgehead atoms. The molecular weight excluding hydrogens is 460 g/mol. The van der Waals surface area contributed by atoms with Gasteiger partial charge in [-0.25, -0.2) is 18.4 Å². The summed E-state index contributed by atoms with van der Waals surface area (Å²) < 4.78 is 40.2. The molecule has 0 saturated carbocycles. The number of β-amino-alcohol motifs (C(OH)–C–C–N with tert-alkyl or cyclic N) is 1. The van der Waals surface area contributed by atoms with Crippen LogP contribution in [0.5, 0.6) is 0 Å². The van der Waals surface area contributed by atoms with Crippen LogP contribution in [0, 0.1) is 6.92 Å². The predicted molar refractivity (Wildman–Crippen MR) is 122 cm³/mol. The lowest BCUT2D eigenvalue weighted by Crippen LogP contribution is -2.57. The van der Waals surface area contributed by atoms with Crippen molar-refractivity contribution in [2.24, 2.45) is 0 Å². The summed E-state index contributed by atoms with van der Waals surface area (Å²) in [6.07, 6.45) is 2.36. The zero-order valence-corrected chi connectivity index (χ0v) is 19.9. The van der Waals surface area contributed by atoms with Crippen LogP contribution in [0.1, 0.15) is 30.5 Å². The van der Waals surface area contributed by atoms with Crippen molar-refractivity contribution < 1.29 is 27.8 Å². The van der Waals surface area contributed by atoms with Crippen molar-refractivity contribution in [1.29, 1.82) is 0 Å². The highest BCUT2D eigenvalue weighted by atomic mass is 32.2. The summed E-state index contributed by atoms with van der Waals surface area (Å²) in [4.78, 5) is 20.6. The molecule has 0 spiro atoms. The molecule has 2 saturated heterocycles. The predicted octanol–water partition coefficient (Wildman–Crippen LogP) is 0.790. The van der Waals surface area contributed by atoms with Gasteiger partial charge in [-0.1, -0.05) is 12.1 Å². The van der Waals surface area contributed by atoms with E-state index in [-0.39, 0.29) is 43.1 Å². The van der Waals surface area contributed by atoms with Crippen molar-refractivity contribution in [2.45, 2.75) is 62.0 Å². The Morgan fingerprint density at radius 1 is 1.26 bits per heavy atom. The summed E-state index contributed by atoms with van der Waals surface area (Å²) in [5.41, 5.74) is 1.54. The molecule has 3 heterocycles. The molecule has 2 aliphatic rings. The molecule has 11 heteroatoms. The number of ether oxygens (including phenoxy) is 2. The topological polar surface area (TPSA) is 131 Å². The Morgan fingerprint density at radius 3 is 2.88 bits per heavy atom. The zero-order chi connectivity index (χ0) is 24.1. The Labute approximate surface area is 199 Å². The van der Waals surface area contributed by atoms with Gasteiger partial charge in [0.15, 0.2) is 0 Å². The number of aliphatic hydroxyl groups excluding tert-OH is 1. The molecule has 2 fully saturated rings. The van der Waals surface area contributed by atoms with E-state index in [9.17, 15) is 18.3 Å². The average Bonchev–Trinajstić information content (AvgIpc) is 2.81. The zero-order valence-electron chi connectivity index (χ0n) is 19.0. The molecule has 1 amide bonds. The molecule has 4 rings (SSSR count). The van der Waals surface area contributed by atoms with Crippen molar-refractivity contribution in [3.05, 3.63) is 54.1 Å². The van der Waals surface area contributed by atoms with Crippen LogP contribution in [0.4, 0.5) is 0 Å². The Kier molecular flexibility index (Phi) is 7.89. The number of aryl methyl sites for hydroxylation is 1. The number of sulfonamides is 1.